The summed E-state index contributed by atoms with van der Waals surface area (Å²) in [5.74, 6) is -2.55. The molecule has 1 saturated heterocycles. The minimum Gasteiger partial charge on any atom is -0.340 e. The number of benzene rings is 1. The van der Waals surface area contributed by atoms with E-state index in [4.69, 9.17) is 0 Å². The normalized spacial score (nSPS) is 21.0. The van der Waals surface area contributed by atoms with Gasteiger partial charge in [0.25, 0.3) is 5.91 Å². The molecule has 1 aliphatic carbocycles. The van der Waals surface area contributed by atoms with Gasteiger partial charge in [-0.1, -0.05) is 28.8 Å². The molecule has 0 unspecified atom stereocenters. The van der Waals surface area contributed by atoms with Crippen molar-refractivity contribution in [2.75, 3.05) is 11.4 Å². The first-order chi connectivity index (χ1) is 9.93. The molecule has 4 nitrogen and oxygen atoms in total. The summed E-state index contributed by atoms with van der Waals surface area (Å²) in [6.07, 6.45) is 2.64. The van der Waals surface area contributed by atoms with Gasteiger partial charge in [-0.25, -0.2) is 8.78 Å². The fourth-order valence-corrected chi connectivity index (χ4v) is 3.53. The Balaban J connectivity index is 2.05. The van der Waals surface area contributed by atoms with Crippen LogP contribution in [0.1, 0.15) is 25.7 Å². The average Bonchev–Trinajstić information content (AvgIpc) is 2.83. The van der Waals surface area contributed by atoms with Crippen LogP contribution in [0.25, 0.3) is 0 Å². The van der Waals surface area contributed by atoms with E-state index < -0.39 is 34.7 Å². The van der Waals surface area contributed by atoms with Gasteiger partial charge < -0.3 is 5.32 Å². The Morgan fingerprint density at radius 2 is 1.71 bits per heavy atom. The third-order valence-corrected chi connectivity index (χ3v) is 4.50. The van der Waals surface area contributed by atoms with Crippen molar-refractivity contribution in [3.63, 3.8) is 0 Å². The predicted octanol–water partition coefficient (Wildman–Crippen LogP) is 2.50. The lowest BCUT2D eigenvalue weighted by Gasteiger charge is -2.39. The first kappa shape index (κ1) is 14.4. The SMILES string of the molecule is O=C1CN(c2c(F)cc(Br)cc2F)C(=O)C2(CCCC2)N1. The van der Waals surface area contributed by atoms with Crippen LogP contribution in [0.5, 0.6) is 0 Å². The largest absolute Gasteiger partial charge is 0.340 e. The number of halogens is 3. The van der Waals surface area contributed by atoms with Crippen LogP contribution in [-0.4, -0.2) is 23.9 Å². The summed E-state index contributed by atoms with van der Waals surface area (Å²) in [5, 5.41) is 2.71. The highest BCUT2D eigenvalue weighted by atomic mass is 79.9. The highest BCUT2D eigenvalue weighted by molar-refractivity contribution is 9.10. The molecule has 3 rings (SSSR count). The number of amides is 2. The summed E-state index contributed by atoms with van der Waals surface area (Å²) in [6.45, 7) is -0.365. The lowest BCUT2D eigenvalue weighted by molar-refractivity contribution is -0.135. The molecule has 0 radical (unpaired) electrons. The Morgan fingerprint density at radius 3 is 2.29 bits per heavy atom. The van der Waals surface area contributed by atoms with E-state index in [-0.39, 0.29) is 11.0 Å². The molecule has 112 valence electrons. The van der Waals surface area contributed by atoms with Gasteiger partial charge in [0, 0.05) is 4.47 Å². The molecule has 1 heterocycles. The number of hydrogen-bond donors (Lipinski definition) is 1. The molecule has 1 saturated carbocycles. The van der Waals surface area contributed by atoms with Crippen molar-refractivity contribution in [1.29, 1.82) is 0 Å². The zero-order valence-electron chi connectivity index (χ0n) is 11.1. The molecule has 1 aliphatic heterocycles. The number of hydrogen-bond acceptors (Lipinski definition) is 2. The van der Waals surface area contributed by atoms with E-state index >= 15 is 0 Å². The maximum atomic E-state index is 14.1. The monoisotopic (exact) mass is 358 g/mol. The number of nitrogens with one attached hydrogen (secondary N) is 1. The highest BCUT2D eigenvalue weighted by Gasteiger charge is 2.49. The number of carbonyl (C=O) groups is 2. The molecule has 0 bridgehead atoms. The summed E-state index contributed by atoms with van der Waals surface area (Å²) in [7, 11) is 0. The van der Waals surface area contributed by atoms with Crippen LogP contribution >= 0.6 is 15.9 Å². The van der Waals surface area contributed by atoms with Gasteiger partial charge in [0.15, 0.2) is 11.6 Å². The van der Waals surface area contributed by atoms with Gasteiger partial charge in [0.05, 0.1) is 0 Å². The molecule has 0 atom stereocenters. The summed E-state index contributed by atoms with van der Waals surface area (Å²) in [5.41, 5.74) is -1.45. The Bertz CT molecular complexity index is 606. The van der Waals surface area contributed by atoms with Crippen LogP contribution in [-0.2, 0) is 9.59 Å². The van der Waals surface area contributed by atoms with Gasteiger partial charge in [-0.2, -0.15) is 0 Å². The van der Waals surface area contributed by atoms with E-state index in [1.54, 1.807) is 0 Å². The van der Waals surface area contributed by atoms with Crippen molar-refractivity contribution in [2.24, 2.45) is 0 Å². The Kier molecular flexibility index (Phi) is 3.47. The molecule has 1 N–H and O–H groups in total. The standard InChI is InChI=1S/C14H13BrF2N2O2/c15-8-5-9(16)12(10(17)6-8)19-7-11(20)18-14(13(19)21)3-1-2-4-14/h5-6H,1-4,7H2,(H,18,20). The van der Waals surface area contributed by atoms with Crippen LogP contribution < -0.4 is 10.2 Å². The van der Waals surface area contributed by atoms with Crippen LogP contribution in [0.3, 0.4) is 0 Å². The second-order valence-corrected chi connectivity index (χ2v) is 6.36. The smallest absolute Gasteiger partial charge is 0.253 e. The van der Waals surface area contributed by atoms with Crippen LogP contribution in [0, 0.1) is 11.6 Å². The Hall–Kier alpha value is -1.50. The molecule has 1 spiro atoms. The van der Waals surface area contributed by atoms with Gasteiger partial charge in [0.1, 0.15) is 17.8 Å². The van der Waals surface area contributed by atoms with E-state index in [2.05, 4.69) is 21.2 Å². The number of rotatable bonds is 1. The van der Waals surface area contributed by atoms with E-state index in [9.17, 15) is 18.4 Å². The van der Waals surface area contributed by atoms with Crippen molar-refractivity contribution in [3.8, 4) is 0 Å². The highest BCUT2D eigenvalue weighted by Crippen LogP contribution is 2.37. The Morgan fingerprint density at radius 1 is 1.14 bits per heavy atom. The predicted molar refractivity (Wildman–Crippen MR) is 75.8 cm³/mol. The molecule has 2 fully saturated rings. The fraction of sp³-hybridized carbons (Fsp3) is 0.429. The molecule has 1 aromatic carbocycles. The minimum atomic E-state index is -0.999. The summed E-state index contributed by atoms with van der Waals surface area (Å²) in [4.78, 5) is 25.5. The van der Waals surface area contributed by atoms with Crippen LogP contribution in [0.2, 0.25) is 0 Å². The molecule has 21 heavy (non-hydrogen) atoms. The summed E-state index contributed by atoms with van der Waals surface area (Å²) in [6, 6.07) is 2.17. The van der Waals surface area contributed by atoms with E-state index in [0.717, 1.165) is 29.9 Å². The van der Waals surface area contributed by atoms with Gasteiger partial charge in [-0.3, -0.25) is 14.5 Å². The number of piperazine rings is 1. The zero-order chi connectivity index (χ0) is 15.2. The maximum absolute atomic E-state index is 14.1. The Labute approximate surface area is 128 Å². The fourth-order valence-electron chi connectivity index (χ4n) is 3.12. The van der Waals surface area contributed by atoms with Crippen LogP contribution in [0.4, 0.5) is 14.5 Å². The lowest BCUT2D eigenvalue weighted by Crippen LogP contribution is -2.66. The maximum Gasteiger partial charge on any atom is 0.253 e. The number of anilines is 1. The van der Waals surface area contributed by atoms with E-state index in [1.165, 1.54) is 0 Å². The molecule has 7 heteroatoms. The first-order valence-corrected chi connectivity index (χ1v) is 7.50. The van der Waals surface area contributed by atoms with Gasteiger partial charge >= 0.3 is 0 Å². The molecular weight excluding hydrogens is 346 g/mol. The van der Waals surface area contributed by atoms with Gasteiger partial charge in [-0.15, -0.1) is 0 Å². The zero-order valence-corrected chi connectivity index (χ0v) is 12.7. The number of carbonyl (C=O) groups excluding carboxylic acids is 2. The third-order valence-electron chi connectivity index (χ3n) is 4.04. The third kappa shape index (κ3) is 2.33. The molecular formula is C14H13BrF2N2O2. The van der Waals surface area contributed by atoms with E-state index in [0.29, 0.717) is 12.8 Å². The molecule has 2 amide bonds. The van der Waals surface area contributed by atoms with Gasteiger partial charge in [-0.05, 0) is 25.0 Å². The molecule has 0 aromatic heterocycles. The number of nitrogens with zero attached hydrogens (tertiary/aromatic N) is 1. The summed E-state index contributed by atoms with van der Waals surface area (Å²) >= 11 is 3.00. The lowest BCUT2D eigenvalue weighted by atomic mass is 9.92. The topological polar surface area (TPSA) is 49.4 Å². The van der Waals surface area contributed by atoms with Gasteiger partial charge in [0.2, 0.25) is 5.91 Å². The first-order valence-electron chi connectivity index (χ1n) is 6.70. The minimum absolute atomic E-state index is 0.241. The van der Waals surface area contributed by atoms with Crippen molar-refractivity contribution in [3.05, 3.63) is 28.2 Å². The van der Waals surface area contributed by atoms with Crippen molar-refractivity contribution in [2.45, 2.75) is 31.2 Å². The van der Waals surface area contributed by atoms with Crippen molar-refractivity contribution >= 4 is 33.4 Å². The second kappa shape index (κ2) is 5.05. The molecule has 1 aromatic rings. The quantitative estimate of drug-likeness (QED) is 0.838. The second-order valence-electron chi connectivity index (χ2n) is 5.45. The average molecular weight is 359 g/mol. The van der Waals surface area contributed by atoms with Crippen molar-refractivity contribution < 1.29 is 18.4 Å². The molecule has 2 aliphatic rings. The van der Waals surface area contributed by atoms with Crippen LogP contribution in [0.15, 0.2) is 16.6 Å². The summed E-state index contributed by atoms with van der Waals surface area (Å²) < 4.78 is 28.4. The van der Waals surface area contributed by atoms with E-state index in [1.807, 2.05) is 0 Å². The van der Waals surface area contributed by atoms with Crippen molar-refractivity contribution in [1.82, 2.24) is 5.32 Å².